The van der Waals surface area contributed by atoms with Gasteiger partial charge in [-0.1, -0.05) is 43.6 Å². The first-order valence-electron chi connectivity index (χ1n) is 10.1. The second kappa shape index (κ2) is 10.6. The van der Waals surface area contributed by atoms with Gasteiger partial charge >= 0.3 is 0 Å². The number of carbonyl (C=O) groups is 1. The maximum Gasteiger partial charge on any atom is 0.251 e. The van der Waals surface area contributed by atoms with Crippen molar-refractivity contribution in [3.05, 3.63) is 64.7 Å². The molecule has 0 saturated carbocycles. The lowest BCUT2D eigenvalue weighted by atomic mass is 10.0. The van der Waals surface area contributed by atoms with E-state index in [9.17, 15) is 4.79 Å². The van der Waals surface area contributed by atoms with E-state index < -0.39 is 0 Å². The first-order valence-corrected chi connectivity index (χ1v) is 10.5. The van der Waals surface area contributed by atoms with Gasteiger partial charge in [-0.3, -0.25) is 9.69 Å². The summed E-state index contributed by atoms with van der Waals surface area (Å²) in [6.45, 7) is 8.34. The lowest BCUT2D eigenvalue weighted by Crippen LogP contribution is -2.44. The fraction of sp³-hybridized carbons (Fsp3) is 0.435. The van der Waals surface area contributed by atoms with Crippen molar-refractivity contribution < 1.29 is 14.3 Å². The largest absolute Gasteiger partial charge is 0.493 e. The van der Waals surface area contributed by atoms with E-state index in [-0.39, 0.29) is 11.9 Å². The molecule has 1 aliphatic rings. The highest BCUT2D eigenvalue weighted by Crippen LogP contribution is 2.28. The summed E-state index contributed by atoms with van der Waals surface area (Å²) in [5.74, 6) is 1.13. The van der Waals surface area contributed by atoms with E-state index in [1.165, 1.54) is 0 Å². The predicted molar refractivity (Wildman–Crippen MR) is 116 cm³/mol. The van der Waals surface area contributed by atoms with Crippen LogP contribution >= 0.6 is 11.6 Å². The maximum absolute atomic E-state index is 12.7. The van der Waals surface area contributed by atoms with Crippen molar-refractivity contribution >= 4 is 17.5 Å². The SMILES string of the molecule is CC(C)COc1ccc(C(=O)NC[C@@H](c2ccccc2Cl)N2CCOCC2)cc1. The Morgan fingerprint density at radius 3 is 2.48 bits per heavy atom. The summed E-state index contributed by atoms with van der Waals surface area (Å²) in [4.78, 5) is 15.0. The van der Waals surface area contributed by atoms with Crippen LogP contribution in [0, 0.1) is 5.92 Å². The van der Waals surface area contributed by atoms with Crippen LogP contribution in [0.1, 0.15) is 35.8 Å². The molecule has 156 valence electrons. The number of carbonyl (C=O) groups excluding carboxylic acids is 1. The van der Waals surface area contributed by atoms with Gasteiger partial charge in [0, 0.05) is 30.2 Å². The van der Waals surface area contributed by atoms with E-state index in [0.717, 1.165) is 24.4 Å². The van der Waals surface area contributed by atoms with E-state index in [4.69, 9.17) is 21.1 Å². The minimum absolute atomic E-state index is 0.00481. The number of morpholine rings is 1. The summed E-state index contributed by atoms with van der Waals surface area (Å²) in [5, 5.41) is 3.78. The third kappa shape index (κ3) is 6.20. The van der Waals surface area contributed by atoms with Crippen molar-refractivity contribution in [3.8, 4) is 5.75 Å². The van der Waals surface area contributed by atoms with E-state index in [1.807, 2.05) is 36.4 Å². The smallest absolute Gasteiger partial charge is 0.251 e. The molecule has 2 aromatic carbocycles. The third-order valence-corrected chi connectivity index (χ3v) is 5.25. The number of halogens is 1. The molecule has 29 heavy (non-hydrogen) atoms. The Labute approximate surface area is 177 Å². The van der Waals surface area contributed by atoms with Crippen LogP contribution in [0.25, 0.3) is 0 Å². The molecule has 1 aliphatic heterocycles. The Morgan fingerprint density at radius 2 is 1.83 bits per heavy atom. The van der Waals surface area contributed by atoms with Crippen LogP contribution in [-0.4, -0.2) is 50.3 Å². The van der Waals surface area contributed by atoms with Crippen LogP contribution < -0.4 is 10.1 Å². The van der Waals surface area contributed by atoms with Crippen LogP contribution in [0.15, 0.2) is 48.5 Å². The average Bonchev–Trinajstić information content (AvgIpc) is 2.74. The molecule has 1 atom stereocenters. The number of rotatable bonds is 8. The second-order valence-electron chi connectivity index (χ2n) is 7.62. The molecule has 1 saturated heterocycles. The number of nitrogens with zero attached hydrogens (tertiary/aromatic N) is 1. The van der Waals surface area contributed by atoms with Gasteiger partial charge in [-0.15, -0.1) is 0 Å². The van der Waals surface area contributed by atoms with Gasteiger partial charge < -0.3 is 14.8 Å². The summed E-state index contributed by atoms with van der Waals surface area (Å²) in [6, 6.07) is 15.1. The number of amides is 1. The van der Waals surface area contributed by atoms with Gasteiger partial charge in [0.05, 0.1) is 25.9 Å². The van der Waals surface area contributed by atoms with Crippen molar-refractivity contribution in [1.82, 2.24) is 10.2 Å². The van der Waals surface area contributed by atoms with Crippen LogP contribution in [0.2, 0.25) is 5.02 Å². The quantitative estimate of drug-likeness (QED) is 0.701. The van der Waals surface area contributed by atoms with Crippen molar-refractivity contribution in [2.75, 3.05) is 39.5 Å². The van der Waals surface area contributed by atoms with E-state index in [0.29, 0.717) is 42.9 Å². The standard InChI is InChI=1S/C23H29ClN2O3/c1-17(2)16-29-19-9-7-18(8-10-19)23(27)25-15-22(26-11-13-28-14-12-26)20-5-3-4-6-21(20)24/h3-10,17,22H,11-16H2,1-2H3,(H,25,27)/t22-/m0/s1. The van der Waals surface area contributed by atoms with Gasteiger partial charge in [-0.05, 0) is 41.8 Å². The highest BCUT2D eigenvalue weighted by atomic mass is 35.5. The van der Waals surface area contributed by atoms with Gasteiger partial charge in [0.1, 0.15) is 5.75 Å². The van der Waals surface area contributed by atoms with E-state index in [1.54, 1.807) is 12.1 Å². The topological polar surface area (TPSA) is 50.8 Å². The molecule has 0 unspecified atom stereocenters. The Bertz CT molecular complexity index is 789. The Kier molecular flexibility index (Phi) is 7.92. The average molecular weight is 417 g/mol. The molecule has 0 bridgehead atoms. The fourth-order valence-corrected chi connectivity index (χ4v) is 3.59. The van der Waals surface area contributed by atoms with Gasteiger partial charge in [-0.25, -0.2) is 0 Å². The molecule has 5 nitrogen and oxygen atoms in total. The second-order valence-corrected chi connectivity index (χ2v) is 8.03. The van der Waals surface area contributed by atoms with Crippen LogP contribution in [0.3, 0.4) is 0 Å². The molecule has 1 N–H and O–H groups in total. The summed E-state index contributed by atoms with van der Waals surface area (Å²) in [6.07, 6.45) is 0. The number of hydrogen-bond acceptors (Lipinski definition) is 4. The van der Waals surface area contributed by atoms with Gasteiger partial charge in [0.25, 0.3) is 5.91 Å². The minimum atomic E-state index is -0.106. The van der Waals surface area contributed by atoms with Gasteiger partial charge in [0.2, 0.25) is 0 Å². The minimum Gasteiger partial charge on any atom is -0.493 e. The summed E-state index contributed by atoms with van der Waals surface area (Å²) in [7, 11) is 0. The summed E-state index contributed by atoms with van der Waals surface area (Å²) in [5.41, 5.74) is 1.63. The Balaban J connectivity index is 1.65. The molecule has 0 radical (unpaired) electrons. The molecule has 0 aromatic heterocycles. The molecule has 1 amide bonds. The first-order chi connectivity index (χ1) is 14.0. The zero-order chi connectivity index (χ0) is 20.6. The van der Waals surface area contributed by atoms with Crippen LogP contribution in [0.5, 0.6) is 5.75 Å². The molecule has 6 heteroatoms. The summed E-state index contributed by atoms with van der Waals surface area (Å²) >= 11 is 6.46. The zero-order valence-electron chi connectivity index (χ0n) is 17.1. The van der Waals surface area contributed by atoms with E-state index >= 15 is 0 Å². The highest BCUT2D eigenvalue weighted by molar-refractivity contribution is 6.31. The van der Waals surface area contributed by atoms with Gasteiger partial charge in [-0.2, -0.15) is 0 Å². The lowest BCUT2D eigenvalue weighted by Gasteiger charge is -2.35. The third-order valence-electron chi connectivity index (χ3n) is 4.91. The molecular weight excluding hydrogens is 388 g/mol. The predicted octanol–water partition coefficient (Wildman–Crippen LogP) is 4.18. The van der Waals surface area contributed by atoms with Crippen LogP contribution in [-0.2, 0) is 4.74 Å². The number of ether oxygens (including phenoxy) is 2. The molecule has 2 aromatic rings. The number of hydrogen-bond donors (Lipinski definition) is 1. The molecular formula is C23H29ClN2O3. The van der Waals surface area contributed by atoms with Crippen molar-refractivity contribution in [2.45, 2.75) is 19.9 Å². The monoisotopic (exact) mass is 416 g/mol. The van der Waals surface area contributed by atoms with Gasteiger partial charge in [0.15, 0.2) is 0 Å². The van der Waals surface area contributed by atoms with Crippen molar-refractivity contribution in [3.63, 3.8) is 0 Å². The number of nitrogens with one attached hydrogen (secondary N) is 1. The lowest BCUT2D eigenvalue weighted by molar-refractivity contribution is 0.0162. The molecule has 0 aliphatic carbocycles. The molecule has 3 rings (SSSR count). The van der Waals surface area contributed by atoms with Crippen molar-refractivity contribution in [1.29, 1.82) is 0 Å². The zero-order valence-corrected chi connectivity index (χ0v) is 17.8. The highest BCUT2D eigenvalue weighted by Gasteiger charge is 2.25. The number of benzene rings is 2. The van der Waals surface area contributed by atoms with Crippen molar-refractivity contribution in [2.24, 2.45) is 5.92 Å². The molecule has 0 spiro atoms. The van der Waals surface area contributed by atoms with Crippen LogP contribution in [0.4, 0.5) is 0 Å². The Morgan fingerprint density at radius 1 is 1.14 bits per heavy atom. The maximum atomic E-state index is 12.7. The molecule has 1 heterocycles. The normalized spacial score (nSPS) is 15.9. The first kappa shape index (κ1) is 21.6. The Hall–Kier alpha value is -2.08. The fourth-order valence-electron chi connectivity index (χ4n) is 3.33. The summed E-state index contributed by atoms with van der Waals surface area (Å²) < 4.78 is 11.2. The van der Waals surface area contributed by atoms with E-state index in [2.05, 4.69) is 24.1 Å². The molecule has 1 fully saturated rings.